The summed E-state index contributed by atoms with van der Waals surface area (Å²) < 4.78 is 19.3. The van der Waals surface area contributed by atoms with Gasteiger partial charge in [0.25, 0.3) is 0 Å². The summed E-state index contributed by atoms with van der Waals surface area (Å²) in [5.74, 6) is 0.460. The van der Waals surface area contributed by atoms with Gasteiger partial charge in [0.1, 0.15) is 11.6 Å². The Morgan fingerprint density at radius 2 is 2.05 bits per heavy atom. The van der Waals surface area contributed by atoms with Crippen molar-refractivity contribution < 1.29 is 14.2 Å². The van der Waals surface area contributed by atoms with Gasteiger partial charge in [0, 0.05) is 10.9 Å². The lowest BCUT2D eigenvalue weighted by Gasteiger charge is -2.14. The first-order chi connectivity index (χ1) is 10.1. The molecule has 0 fully saturated rings. The fraction of sp³-hybridized carbons (Fsp3) is 0.294. The molecule has 1 atom stereocenters. The molecule has 0 amide bonds. The predicted octanol–water partition coefficient (Wildman–Crippen LogP) is 4.65. The van der Waals surface area contributed by atoms with E-state index < -0.39 is 6.10 Å². The molecule has 0 aliphatic carbocycles. The molecule has 1 N–H and O–H groups in total. The lowest BCUT2D eigenvalue weighted by Crippen LogP contribution is -2.03. The van der Waals surface area contributed by atoms with Gasteiger partial charge in [-0.25, -0.2) is 4.39 Å². The molecular formula is C17H18BrFO2. The molecule has 4 heteroatoms. The molecule has 2 aromatic carbocycles. The van der Waals surface area contributed by atoms with Crippen molar-refractivity contribution in [3.8, 4) is 5.75 Å². The standard InChI is InChI=1S/C17H18BrFO2/c1-2-8-21-15-5-3-4-13(9-15)17(20)10-12-6-7-14(19)11-16(12)18/h3-7,9,11,17,20H,2,8,10H2,1H3. The van der Waals surface area contributed by atoms with Crippen LogP contribution in [0.1, 0.15) is 30.6 Å². The number of benzene rings is 2. The van der Waals surface area contributed by atoms with Crippen LogP contribution in [0, 0.1) is 5.82 Å². The monoisotopic (exact) mass is 352 g/mol. The third-order valence-electron chi connectivity index (χ3n) is 3.14. The number of aliphatic hydroxyl groups is 1. The van der Waals surface area contributed by atoms with Crippen LogP contribution >= 0.6 is 15.9 Å². The lowest BCUT2D eigenvalue weighted by atomic mass is 10.0. The van der Waals surface area contributed by atoms with Gasteiger partial charge in [-0.1, -0.05) is 41.1 Å². The normalized spacial score (nSPS) is 12.2. The second kappa shape index (κ2) is 7.57. The van der Waals surface area contributed by atoms with Crippen molar-refractivity contribution in [3.05, 3.63) is 63.9 Å². The molecule has 1 unspecified atom stereocenters. The van der Waals surface area contributed by atoms with Crippen LogP contribution in [0.15, 0.2) is 46.9 Å². The topological polar surface area (TPSA) is 29.5 Å². The minimum atomic E-state index is -0.656. The largest absolute Gasteiger partial charge is 0.494 e. The van der Waals surface area contributed by atoms with Crippen molar-refractivity contribution in [2.75, 3.05) is 6.61 Å². The minimum absolute atomic E-state index is 0.296. The fourth-order valence-electron chi connectivity index (χ4n) is 2.04. The zero-order valence-corrected chi connectivity index (χ0v) is 13.4. The summed E-state index contributed by atoms with van der Waals surface area (Å²) in [6.45, 7) is 2.70. The molecule has 0 saturated carbocycles. The third-order valence-corrected chi connectivity index (χ3v) is 3.88. The highest BCUT2D eigenvalue weighted by molar-refractivity contribution is 9.10. The van der Waals surface area contributed by atoms with E-state index in [4.69, 9.17) is 4.74 Å². The van der Waals surface area contributed by atoms with Gasteiger partial charge in [0.2, 0.25) is 0 Å². The van der Waals surface area contributed by atoms with Gasteiger partial charge in [-0.2, -0.15) is 0 Å². The molecule has 0 heterocycles. The minimum Gasteiger partial charge on any atom is -0.494 e. The first-order valence-corrected chi connectivity index (χ1v) is 7.74. The molecule has 0 saturated heterocycles. The van der Waals surface area contributed by atoms with Crippen LogP contribution < -0.4 is 4.74 Å². The molecule has 21 heavy (non-hydrogen) atoms. The quantitative estimate of drug-likeness (QED) is 0.819. The van der Waals surface area contributed by atoms with Crippen molar-refractivity contribution in [2.24, 2.45) is 0 Å². The summed E-state index contributed by atoms with van der Waals surface area (Å²) in [7, 11) is 0. The van der Waals surface area contributed by atoms with Crippen molar-refractivity contribution in [1.29, 1.82) is 0 Å². The number of rotatable bonds is 6. The predicted molar refractivity (Wildman–Crippen MR) is 85.0 cm³/mol. The Morgan fingerprint density at radius 1 is 1.24 bits per heavy atom. The van der Waals surface area contributed by atoms with Crippen molar-refractivity contribution >= 4 is 15.9 Å². The van der Waals surface area contributed by atoms with E-state index >= 15 is 0 Å². The summed E-state index contributed by atoms with van der Waals surface area (Å²) in [4.78, 5) is 0. The van der Waals surface area contributed by atoms with Crippen LogP contribution in [0.3, 0.4) is 0 Å². The molecular weight excluding hydrogens is 335 g/mol. The van der Waals surface area contributed by atoms with Gasteiger partial charge < -0.3 is 9.84 Å². The van der Waals surface area contributed by atoms with E-state index in [0.29, 0.717) is 17.5 Å². The van der Waals surface area contributed by atoms with Gasteiger partial charge in [-0.3, -0.25) is 0 Å². The zero-order chi connectivity index (χ0) is 15.2. The van der Waals surface area contributed by atoms with Crippen molar-refractivity contribution in [3.63, 3.8) is 0 Å². The second-order valence-corrected chi connectivity index (χ2v) is 5.73. The average Bonchev–Trinajstić information content (AvgIpc) is 2.48. The summed E-state index contributed by atoms with van der Waals surface area (Å²) in [5, 5.41) is 10.3. The van der Waals surface area contributed by atoms with E-state index in [-0.39, 0.29) is 5.82 Å². The first-order valence-electron chi connectivity index (χ1n) is 6.95. The molecule has 2 nitrogen and oxygen atoms in total. The van der Waals surface area contributed by atoms with Crippen molar-refractivity contribution in [1.82, 2.24) is 0 Å². The Morgan fingerprint density at radius 3 is 2.76 bits per heavy atom. The molecule has 0 aromatic heterocycles. The Hall–Kier alpha value is -1.39. The van der Waals surface area contributed by atoms with Crippen LogP contribution in [-0.2, 0) is 6.42 Å². The second-order valence-electron chi connectivity index (χ2n) is 4.88. The highest BCUT2D eigenvalue weighted by Gasteiger charge is 2.12. The zero-order valence-electron chi connectivity index (χ0n) is 11.9. The Kier molecular flexibility index (Phi) is 5.76. The van der Waals surface area contributed by atoms with E-state index in [1.807, 2.05) is 31.2 Å². The van der Waals surface area contributed by atoms with Gasteiger partial charge in [-0.15, -0.1) is 0 Å². The number of ether oxygens (including phenoxy) is 1. The molecule has 0 bridgehead atoms. The molecule has 2 rings (SSSR count). The number of aliphatic hydroxyl groups excluding tert-OH is 1. The number of halogens is 2. The SMILES string of the molecule is CCCOc1cccc(C(O)Cc2ccc(F)cc2Br)c1. The third kappa shape index (κ3) is 4.55. The smallest absolute Gasteiger partial charge is 0.124 e. The molecule has 0 radical (unpaired) electrons. The lowest BCUT2D eigenvalue weighted by molar-refractivity contribution is 0.177. The Balaban J connectivity index is 2.10. The maximum absolute atomic E-state index is 13.1. The Labute approximate surface area is 132 Å². The van der Waals surface area contributed by atoms with E-state index in [9.17, 15) is 9.50 Å². The molecule has 2 aromatic rings. The summed E-state index contributed by atoms with van der Waals surface area (Å²) in [6.07, 6.45) is 0.699. The molecule has 0 aliphatic heterocycles. The van der Waals surface area contributed by atoms with Gasteiger partial charge in [-0.05, 0) is 41.8 Å². The number of hydrogen-bond acceptors (Lipinski definition) is 2. The molecule has 0 aliphatic rings. The maximum atomic E-state index is 13.1. The van der Waals surface area contributed by atoms with E-state index in [0.717, 1.165) is 23.3 Å². The fourth-order valence-corrected chi connectivity index (χ4v) is 2.56. The Bertz CT molecular complexity index is 601. The molecule has 112 valence electrons. The average molecular weight is 353 g/mol. The van der Waals surface area contributed by atoms with Crippen LogP contribution in [0.2, 0.25) is 0 Å². The van der Waals surface area contributed by atoms with E-state index in [2.05, 4.69) is 15.9 Å². The summed E-state index contributed by atoms with van der Waals surface area (Å²) >= 11 is 3.32. The van der Waals surface area contributed by atoms with Crippen LogP contribution in [0.5, 0.6) is 5.75 Å². The van der Waals surface area contributed by atoms with Gasteiger partial charge in [0.05, 0.1) is 12.7 Å². The number of hydrogen-bond donors (Lipinski definition) is 1. The van der Waals surface area contributed by atoms with Gasteiger partial charge in [0.15, 0.2) is 0 Å². The molecule has 0 spiro atoms. The highest BCUT2D eigenvalue weighted by Crippen LogP contribution is 2.26. The van der Waals surface area contributed by atoms with Crippen LogP contribution in [0.25, 0.3) is 0 Å². The van der Waals surface area contributed by atoms with E-state index in [1.54, 1.807) is 6.07 Å². The van der Waals surface area contributed by atoms with E-state index in [1.165, 1.54) is 12.1 Å². The highest BCUT2D eigenvalue weighted by atomic mass is 79.9. The van der Waals surface area contributed by atoms with Crippen molar-refractivity contribution in [2.45, 2.75) is 25.9 Å². The van der Waals surface area contributed by atoms with Crippen LogP contribution in [0.4, 0.5) is 4.39 Å². The first kappa shape index (κ1) is 16.0. The van der Waals surface area contributed by atoms with Gasteiger partial charge >= 0.3 is 0 Å². The summed E-state index contributed by atoms with van der Waals surface area (Å²) in [6, 6.07) is 11.9. The summed E-state index contributed by atoms with van der Waals surface area (Å²) in [5.41, 5.74) is 1.66. The maximum Gasteiger partial charge on any atom is 0.124 e. The van der Waals surface area contributed by atoms with Crippen LogP contribution in [-0.4, -0.2) is 11.7 Å².